The number of carbonyl (C=O) groups is 1. The van der Waals surface area contributed by atoms with Crippen LogP contribution in [0.2, 0.25) is 0 Å². The number of hydrogen-bond acceptors (Lipinski definition) is 5. The Hall–Kier alpha value is -2.94. The van der Waals surface area contributed by atoms with Crippen molar-refractivity contribution in [2.75, 3.05) is 0 Å². The number of nitro groups is 1. The van der Waals surface area contributed by atoms with Crippen molar-refractivity contribution in [1.82, 2.24) is 10.7 Å². The maximum absolute atomic E-state index is 12.8. The van der Waals surface area contributed by atoms with E-state index in [-0.39, 0.29) is 32.4 Å². The molecule has 0 heterocycles. The Morgan fingerprint density at radius 1 is 1.21 bits per heavy atom. The summed E-state index contributed by atoms with van der Waals surface area (Å²) in [6.07, 6.45) is 7.68. The molecule has 9 heteroatoms. The highest BCUT2D eigenvalue weighted by Gasteiger charge is 2.58. The molecule has 4 aliphatic carbocycles. The van der Waals surface area contributed by atoms with E-state index in [1.807, 2.05) is 0 Å². The Labute approximate surface area is 206 Å². The lowest BCUT2D eigenvalue weighted by Crippen LogP contribution is -2.65. The van der Waals surface area contributed by atoms with Crippen LogP contribution in [0.1, 0.15) is 55.2 Å². The second kappa shape index (κ2) is 8.37. The van der Waals surface area contributed by atoms with Crippen LogP contribution < -0.4 is 10.7 Å². The van der Waals surface area contributed by atoms with E-state index in [4.69, 9.17) is 0 Å². The zero-order valence-electron chi connectivity index (χ0n) is 18.9. The average Bonchev–Trinajstić information content (AvgIpc) is 2.75. The number of phenolic OH excluding ortho intramolecular Hbond substituents is 1. The summed E-state index contributed by atoms with van der Waals surface area (Å²) in [6.45, 7) is 2.10. The maximum atomic E-state index is 12.8. The number of hydrazone groups is 1. The molecule has 34 heavy (non-hydrogen) atoms. The van der Waals surface area contributed by atoms with Crippen molar-refractivity contribution >= 4 is 33.9 Å². The van der Waals surface area contributed by atoms with Crippen LogP contribution in [0.25, 0.3) is 0 Å². The van der Waals surface area contributed by atoms with Crippen LogP contribution in [0.15, 0.2) is 46.0 Å². The first kappa shape index (κ1) is 22.8. The van der Waals surface area contributed by atoms with E-state index in [0.29, 0.717) is 11.8 Å². The van der Waals surface area contributed by atoms with Crippen molar-refractivity contribution < 1.29 is 14.8 Å². The van der Waals surface area contributed by atoms with Gasteiger partial charge in [-0.3, -0.25) is 10.1 Å². The molecule has 2 atom stereocenters. The standard InChI is InChI=1S/C25H27BrN4O4/c1-15-2-4-19(5-3-15)24-9-16-6-17(10-24)12-25(11-16,14-24)28-23(32)29-27-13-18-7-20(30(33)34)8-21(26)22(18)31/h2-5,7-8,13,16-17,31H,6,9-12,14H2,1H3,(H2,28,29,32). The molecule has 4 bridgehead atoms. The lowest BCUT2D eigenvalue weighted by molar-refractivity contribution is -0.385. The molecule has 2 aromatic rings. The van der Waals surface area contributed by atoms with Crippen molar-refractivity contribution in [2.24, 2.45) is 16.9 Å². The van der Waals surface area contributed by atoms with E-state index in [9.17, 15) is 20.0 Å². The fourth-order valence-electron chi connectivity index (χ4n) is 6.89. The molecule has 0 spiro atoms. The molecule has 2 amide bonds. The van der Waals surface area contributed by atoms with E-state index in [0.717, 1.165) is 19.3 Å². The Morgan fingerprint density at radius 3 is 2.53 bits per heavy atom. The van der Waals surface area contributed by atoms with E-state index in [2.05, 4.69) is 63.0 Å². The third kappa shape index (κ3) is 4.17. The Balaban J connectivity index is 1.31. The van der Waals surface area contributed by atoms with Crippen LogP contribution in [0.5, 0.6) is 5.75 Å². The van der Waals surface area contributed by atoms with Gasteiger partial charge in [0.15, 0.2) is 0 Å². The average molecular weight is 527 g/mol. The van der Waals surface area contributed by atoms with Crippen LogP contribution in [0.3, 0.4) is 0 Å². The molecule has 0 aliphatic heterocycles. The van der Waals surface area contributed by atoms with E-state index in [1.165, 1.54) is 48.7 Å². The van der Waals surface area contributed by atoms with Crippen LogP contribution in [0, 0.1) is 28.9 Å². The number of non-ortho nitro benzene ring substituents is 1. The third-order valence-corrected chi connectivity index (χ3v) is 8.37. The summed E-state index contributed by atoms with van der Waals surface area (Å²) in [5.41, 5.74) is 4.91. The highest BCUT2D eigenvalue weighted by atomic mass is 79.9. The number of nitro benzene ring substituents is 1. The van der Waals surface area contributed by atoms with Gasteiger partial charge in [0.05, 0.1) is 15.6 Å². The number of urea groups is 1. The maximum Gasteiger partial charge on any atom is 0.335 e. The molecule has 0 radical (unpaired) electrons. The van der Waals surface area contributed by atoms with Gasteiger partial charge in [-0.05, 0) is 84.2 Å². The van der Waals surface area contributed by atoms with Gasteiger partial charge in [-0.1, -0.05) is 29.8 Å². The quantitative estimate of drug-likeness (QED) is 0.278. The number of rotatable bonds is 5. The first-order valence-corrected chi connectivity index (χ1v) is 12.3. The highest BCUT2D eigenvalue weighted by Crippen LogP contribution is 2.62. The minimum absolute atomic E-state index is 0.107. The van der Waals surface area contributed by atoms with Crippen molar-refractivity contribution in [3.63, 3.8) is 0 Å². The second-order valence-electron chi connectivity index (χ2n) is 10.3. The molecule has 0 saturated heterocycles. The molecule has 3 N–H and O–H groups in total. The lowest BCUT2D eigenvalue weighted by atomic mass is 9.45. The van der Waals surface area contributed by atoms with Gasteiger partial charge in [-0.25, -0.2) is 10.2 Å². The van der Waals surface area contributed by atoms with Crippen LogP contribution >= 0.6 is 15.9 Å². The zero-order valence-corrected chi connectivity index (χ0v) is 20.5. The Kier molecular flexibility index (Phi) is 5.62. The summed E-state index contributed by atoms with van der Waals surface area (Å²) in [6, 6.07) is 10.9. The van der Waals surface area contributed by atoms with E-state index >= 15 is 0 Å². The van der Waals surface area contributed by atoms with Gasteiger partial charge in [-0.2, -0.15) is 5.10 Å². The normalized spacial score (nSPS) is 29.4. The Morgan fingerprint density at radius 2 is 1.88 bits per heavy atom. The number of benzene rings is 2. The topological polar surface area (TPSA) is 117 Å². The summed E-state index contributed by atoms with van der Waals surface area (Å²) < 4.78 is 0.183. The van der Waals surface area contributed by atoms with Gasteiger partial charge in [-0.15, -0.1) is 0 Å². The van der Waals surface area contributed by atoms with E-state index < -0.39 is 11.0 Å². The number of phenols is 1. The minimum atomic E-state index is -0.557. The molecule has 4 fully saturated rings. The molecular weight excluding hydrogens is 500 g/mol. The van der Waals surface area contributed by atoms with Gasteiger partial charge >= 0.3 is 6.03 Å². The van der Waals surface area contributed by atoms with Crippen LogP contribution in [-0.2, 0) is 5.41 Å². The number of nitrogens with zero attached hydrogens (tertiary/aromatic N) is 2. The number of aryl methyl sites for hydroxylation is 1. The van der Waals surface area contributed by atoms with Crippen LogP contribution in [-0.4, -0.2) is 27.8 Å². The SMILES string of the molecule is Cc1ccc(C23CC4CC(CC(NC(=O)NN=Cc5cc([N+](=O)[O-])cc(Br)c5O)(C4)C2)C3)cc1. The lowest BCUT2D eigenvalue weighted by Gasteiger charge is -2.62. The number of nitrogens with one attached hydrogen (secondary N) is 2. The molecule has 2 aromatic carbocycles. The van der Waals surface area contributed by atoms with E-state index in [1.54, 1.807) is 0 Å². The van der Waals surface area contributed by atoms with Gasteiger partial charge in [0, 0.05) is 23.2 Å². The summed E-state index contributed by atoms with van der Waals surface area (Å²) in [4.78, 5) is 23.3. The smallest absolute Gasteiger partial charge is 0.335 e. The number of halogens is 1. The second-order valence-corrected chi connectivity index (χ2v) is 11.2. The summed E-state index contributed by atoms with van der Waals surface area (Å²) in [5.74, 6) is 1.02. The zero-order chi connectivity index (χ0) is 24.1. The molecule has 178 valence electrons. The van der Waals surface area contributed by atoms with Crippen molar-refractivity contribution in [2.45, 2.75) is 56.4 Å². The van der Waals surface area contributed by atoms with Gasteiger partial charge in [0.1, 0.15) is 5.75 Å². The van der Waals surface area contributed by atoms with Crippen LogP contribution in [0.4, 0.5) is 10.5 Å². The van der Waals surface area contributed by atoms with Gasteiger partial charge in [0.2, 0.25) is 0 Å². The third-order valence-electron chi connectivity index (χ3n) is 7.76. The number of hydrogen-bond donors (Lipinski definition) is 3. The predicted octanol–water partition coefficient (Wildman–Crippen LogP) is 5.30. The van der Waals surface area contributed by atoms with Gasteiger partial charge < -0.3 is 10.4 Å². The molecule has 6 rings (SSSR count). The van der Waals surface area contributed by atoms with Crippen molar-refractivity contribution in [3.8, 4) is 5.75 Å². The first-order valence-electron chi connectivity index (χ1n) is 11.5. The fraction of sp³-hybridized carbons (Fsp3) is 0.440. The van der Waals surface area contributed by atoms with Gasteiger partial charge in [0.25, 0.3) is 5.69 Å². The largest absolute Gasteiger partial charge is 0.506 e. The van der Waals surface area contributed by atoms with Crippen molar-refractivity contribution in [3.05, 3.63) is 67.7 Å². The predicted molar refractivity (Wildman–Crippen MR) is 132 cm³/mol. The number of aromatic hydroxyl groups is 1. The summed E-state index contributed by atoms with van der Waals surface area (Å²) in [7, 11) is 0. The first-order chi connectivity index (χ1) is 16.2. The fourth-order valence-corrected chi connectivity index (χ4v) is 7.36. The van der Waals surface area contributed by atoms with Crippen molar-refractivity contribution in [1.29, 1.82) is 0 Å². The monoisotopic (exact) mass is 526 g/mol. The number of carbonyl (C=O) groups excluding carboxylic acids is 1. The minimum Gasteiger partial charge on any atom is -0.506 e. The molecule has 8 nitrogen and oxygen atoms in total. The number of amides is 2. The summed E-state index contributed by atoms with van der Waals surface area (Å²) >= 11 is 3.10. The highest BCUT2D eigenvalue weighted by molar-refractivity contribution is 9.10. The Bertz CT molecular complexity index is 1170. The molecule has 4 saturated carbocycles. The molecule has 4 aliphatic rings. The molecule has 2 unspecified atom stereocenters. The summed E-state index contributed by atoms with van der Waals surface area (Å²) in [5, 5.41) is 28.4. The molecule has 0 aromatic heterocycles. The molecular formula is C25H27BrN4O4.